The van der Waals surface area contributed by atoms with Crippen LogP contribution in [-0.4, -0.2) is 0 Å². The topological polar surface area (TPSA) is 0 Å². The van der Waals surface area contributed by atoms with E-state index < -0.39 is 0 Å². The van der Waals surface area contributed by atoms with E-state index in [0.717, 1.165) is 16.7 Å². The van der Waals surface area contributed by atoms with E-state index in [0.29, 0.717) is 0 Å². The second-order valence-corrected chi connectivity index (χ2v) is 3.17. The predicted molar refractivity (Wildman–Crippen MR) is 56.3 cm³/mol. The molecule has 0 aliphatic carbocycles. The van der Waals surface area contributed by atoms with Crippen molar-refractivity contribution >= 4 is 0 Å². The number of hydrogen-bond acceptors (Lipinski definition) is 0. The van der Waals surface area contributed by atoms with E-state index in [1.54, 1.807) is 6.07 Å². The lowest BCUT2D eigenvalue weighted by Crippen LogP contribution is -1.83. The fraction of sp³-hybridized carbons (Fsp3) is 0. The number of benzene rings is 2. The Labute approximate surface area is 83.0 Å². The molecule has 2 aromatic rings. The lowest BCUT2D eigenvalue weighted by atomic mass is 10.0. The van der Waals surface area contributed by atoms with Crippen LogP contribution in [0.2, 0.25) is 0 Å². The third-order valence-corrected chi connectivity index (χ3v) is 2.15. The average Bonchev–Trinajstić information content (AvgIpc) is 2.18. The molecule has 69 valence electrons. The first kappa shape index (κ1) is 8.95. The van der Waals surface area contributed by atoms with Gasteiger partial charge in [-0.2, -0.15) is 0 Å². The monoisotopic (exact) mass is 185 g/mol. The molecule has 2 aromatic carbocycles. The summed E-state index contributed by atoms with van der Waals surface area (Å²) in [5.41, 5.74) is 2.76. The Hall–Kier alpha value is -1.63. The van der Waals surface area contributed by atoms with Crippen molar-refractivity contribution in [3.63, 3.8) is 0 Å². The van der Waals surface area contributed by atoms with Crippen molar-refractivity contribution in [1.82, 2.24) is 0 Å². The Morgan fingerprint density at radius 2 is 1.71 bits per heavy atom. The molecule has 1 heteroatoms. The fourth-order valence-corrected chi connectivity index (χ4v) is 1.46. The van der Waals surface area contributed by atoms with Crippen LogP contribution in [-0.2, 0) is 0 Å². The first-order chi connectivity index (χ1) is 6.77. The molecule has 0 unspecified atom stereocenters. The maximum atomic E-state index is 13.0. The number of hydrogen-bond donors (Lipinski definition) is 0. The normalized spacial score (nSPS) is 10.1. The van der Waals surface area contributed by atoms with Gasteiger partial charge in [0.25, 0.3) is 0 Å². The summed E-state index contributed by atoms with van der Waals surface area (Å²) in [6, 6.07) is 14.3. The maximum Gasteiger partial charge on any atom is 0.123 e. The molecule has 0 amide bonds. The van der Waals surface area contributed by atoms with Crippen LogP contribution in [0.15, 0.2) is 48.5 Å². The van der Waals surface area contributed by atoms with Crippen molar-refractivity contribution in [1.29, 1.82) is 0 Å². The summed E-state index contributed by atoms with van der Waals surface area (Å²) >= 11 is 0. The second kappa shape index (κ2) is 3.62. The van der Waals surface area contributed by atoms with Gasteiger partial charge in [0.1, 0.15) is 5.82 Å². The molecule has 0 aromatic heterocycles. The summed E-state index contributed by atoms with van der Waals surface area (Å²) in [6.45, 7) is 3.90. The van der Waals surface area contributed by atoms with E-state index in [1.807, 2.05) is 30.3 Å². The van der Waals surface area contributed by atoms with Crippen molar-refractivity contribution in [2.24, 2.45) is 0 Å². The van der Waals surface area contributed by atoms with Gasteiger partial charge in [-0.1, -0.05) is 36.4 Å². The van der Waals surface area contributed by atoms with Crippen LogP contribution in [0.1, 0.15) is 5.56 Å². The molecule has 0 nitrogen and oxygen atoms in total. The largest absolute Gasteiger partial charge is 0.207 e. The highest BCUT2D eigenvalue weighted by Crippen LogP contribution is 2.23. The van der Waals surface area contributed by atoms with E-state index in [-0.39, 0.29) is 5.82 Å². The Bertz CT molecular complexity index is 446. The van der Waals surface area contributed by atoms with Gasteiger partial charge in [-0.05, 0) is 35.7 Å². The van der Waals surface area contributed by atoms with E-state index >= 15 is 0 Å². The van der Waals surface area contributed by atoms with Crippen LogP contribution in [0, 0.1) is 12.7 Å². The summed E-state index contributed by atoms with van der Waals surface area (Å²) in [5.74, 6) is -0.217. The Kier molecular flexibility index (Phi) is 2.32. The van der Waals surface area contributed by atoms with Gasteiger partial charge in [0, 0.05) is 0 Å². The van der Waals surface area contributed by atoms with E-state index in [2.05, 4.69) is 6.92 Å². The zero-order valence-corrected chi connectivity index (χ0v) is 7.70. The van der Waals surface area contributed by atoms with Gasteiger partial charge < -0.3 is 0 Å². The fourth-order valence-electron chi connectivity index (χ4n) is 1.46. The van der Waals surface area contributed by atoms with Crippen molar-refractivity contribution in [2.45, 2.75) is 0 Å². The van der Waals surface area contributed by atoms with Crippen LogP contribution in [0.4, 0.5) is 4.39 Å². The van der Waals surface area contributed by atoms with Crippen LogP contribution in [0.25, 0.3) is 11.1 Å². The first-order valence-corrected chi connectivity index (χ1v) is 4.44. The summed E-state index contributed by atoms with van der Waals surface area (Å²) in [4.78, 5) is 0. The van der Waals surface area contributed by atoms with Crippen LogP contribution in [0.3, 0.4) is 0 Å². The molecule has 0 spiro atoms. The van der Waals surface area contributed by atoms with E-state index in [4.69, 9.17) is 0 Å². The molecule has 0 fully saturated rings. The average molecular weight is 185 g/mol. The highest BCUT2D eigenvalue weighted by molar-refractivity contribution is 5.67. The van der Waals surface area contributed by atoms with Gasteiger partial charge in [0.2, 0.25) is 0 Å². The van der Waals surface area contributed by atoms with Gasteiger partial charge in [0.15, 0.2) is 0 Å². The van der Waals surface area contributed by atoms with Crippen molar-refractivity contribution in [2.75, 3.05) is 0 Å². The van der Waals surface area contributed by atoms with Gasteiger partial charge in [-0.3, -0.25) is 0 Å². The maximum absolute atomic E-state index is 13.0. The lowest BCUT2D eigenvalue weighted by molar-refractivity contribution is 0.628. The number of halogens is 1. The van der Waals surface area contributed by atoms with Crippen LogP contribution in [0.5, 0.6) is 0 Å². The smallest absolute Gasteiger partial charge is 0.123 e. The quantitative estimate of drug-likeness (QED) is 0.635. The van der Waals surface area contributed by atoms with Crippen LogP contribution >= 0.6 is 0 Å². The minimum Gasteiger partial charge on any atom is -0.207 e. The SMILES string of the molecule is [CH2]c1ccccc1-c1cccc(F)c1. The molecule has 2 rings (SSSR count). The lowest BCUT2D eigenvalue weighted by Gasteiger charge is -2.04. The van der Waals surface area contributed by atoms with Gasteiger partial charge >= 0.3 is 0 Å². The van der Waals surface area contributed by atoms with Gasteiger partial charge in [-0.15, -0.1) is 0 Å². The molecule has 0 saturated heterocycles. The minimum absolute atomic E-state index is 0.217. The molecule has 0 aliphatic heterocycles. The van der Waals surface area contributed by atoms with E-state index in [1.165, 1.54) is 12.1 Å². The van der Waals surface area contributed by atoms with Crippen LogP contribution < -0.4 is 0 Å². The third-order valence-electron chi connectivity index (χ3n) is 2.15. The molecule has 0 bridgehead atoms. The first-order valence-electron chi connectivity index (χ1n) is 4.44. The molecule has 0 N–H and O–H groups in total. The molecule has 14 heavy (non-hydrogen) atoms. The molecule has 0 saturated carbocycles. The third kappa shape index (κ3) is 1.67. The zero-order valence-electron chi connectivity index (χ0n) is 7.70. The summed E-state index contributed by atoms with van der Waals surface area (Å²) < 4.78 is 13.0. The van der Waals surface area contributed by atoms with Gasteiger partial charge in [0.05, 0.1) is 0 Å². The minimum atomic E-state index is -0.217. The molecule has 1 radical (unpaired) electrons. The highest BCUT2D eigenvalue weighted by Gasteiger charge is 2.00. The van der Waals surface area contributed by atoms with E-state index in [9.17, 15) is 4.39 Å². The Morgan fingerprint density at radius 1 is 0.929 bits per heavy atom. The highest BCUT2D eigenvalue weighted by atomic mass is 19.1. The zero-order chi connectivity index (χ0) is 9.97. The summed E-state index contributed by atoms with van der Waals surface area (Å²) in [6.07, 6.45) is 0. The molecule has 0 aliphatic rings. The number of rotatable bonds is 1. The Balaban J connectivity index is 2.55. The molecule has 0 atom stereocenters. The van der Waals surface area contributed by atoms with Crippen molar-refractivity contribution in [3.8, 4) is 11.1 Å². The second-order valence-electron chi connectivity index (χ2n) is 3.17. The standard InChI is InChI=1S/C13H10F/c1-10-5-2-3-8-13(10)11-6-4-7-12(14)9-11/h2-9H,1H2. The van der Waals surface area contributed by atoms with Gasteiger partial charge in [-0.25, -0.2) is 4.39 Å². The van der Waals surface area contributed by atoms with Crippen molar-refractivity contribution < 1.29 is 4.39 Å². The Morgan fingerprint density at radius 3 is 2.43 bits per heavy atom. The predicted octanol–water partition coefficient (Wildman–Crippen LogP) is 3.67. The molecule has 0 heterocycles. The molecular weight excluding hydrogens is 175 g/mol. The summed E-state index contributed by atoms with van der Waals surface area (Å²) in [5, 5.41) is 0. The molecular formula is C13H10F. The summed E-state index contributed by atoms with van der Waals surface area (Å²) in [7, 11) is 0. The van der Waals surface area contributed by atoms with Crippen molar-refractivity contribution in [3.05, 3.63) is 66.8 Å².